The van der Waals surface area contributed by atoms with Crippen molar-refractivity contribution in [2.45, 2.75) is 26.3 Å². The highest BCUT2D eigenvalue weighted by Gasteiger charge is 2.08. The molecule has 0 aliphatic carbocycles. The van der Waals surface area contributed by atoms with Gasteiger partial charge in [0, 0.05) is 17.3 Å². The molecule has 6 heteroatoms. The molecular formula is C10H18N2O2S2. The SMILES string of the molecule is Cc1csc(C(C)NCCCS(C)(=O)=O)n1. The molecule has 16 heavy (non-hydrogen) atoms. The monoisotopic (exact) mass is 262 g/mol. The van der Waals surface area contributed by atoms with Gasteiger partial charge in [0.2, 0.25) is 0 Å². The largest absolute Gasteiger partial charge is 0.308 e. The molecule has 1 unspecified atom stereocenters. The van der Waals surface area contributed by atoms with E-state index >= 15 is 0 Å². The van der Waals surface area contributed by atoms with Crippen molar-refractivity contribution in [3.63, 3.8) is 0 Å². The van der Waals surface area contributed by atoms with Gasteiger partial charge in [-0.3, -0.25) is 0 Å². The van der Waals surface area contributed by atoms with E-state index in [2.05, 4.69) is 10.3 Å². The third kappa shape index (κ3) is 5.05. The molecule has 1 aromatic rings. The van der Waals surface area contributed by atoms with Gasteiger partial charge in [-0.2, -0.15) is 0 Å². The highest BCUT2D eigenvalue weighted by atomic mass is 32.2. The van der Waals surface area contributed by atoms with E-state index in [9.17, 15) is 8.42 Å². The topological polar surface area (TPSA) is 59.1 Å². The molecule has 1 aromatic heterocycles. The molecule has 0 fully saturated rings. The minimum Gasteiger partial charge on any atom is -0.308 e. The van der Waals surface area contributed by atoms with Gasteiger partial charge in [0.25, 0.3) is 0 Å². The van der Waals surface area contributed by atoms with Crippen LogP contribution >= 0.6 is 11.3 Å². The molecule has 1 N–H and O–H groups in total. The van der Waals surface area contributed by atoms with Gasteiger partial charge in [-0.05, 0) is 26.8 Å². The lowest BCUT2D eigenvalue weighted by Gasteiger charge is -2.10. The maximum atomic E-state index is 10.9. The fraction of sp³-hybridized carbons (Fsp3) is 0.700. The first-order valence-corrected chi connectivity index (χ1v) is 8.15. The van der Waals surface area contributed by atoms with Crippen LogP contribution in [0.2, 0.25) is 0 Å². The van der Waals surface area contributed by atoms with Gasteiger partial charge in [-0.25, -0.2) is 13.4 Å². The van der Waals surface area contributed by atoms with Gasteiger partial charge in [0.05, 0.1) is 11.8 Å². The summed E-state index contributed by atoms with van der Waals surface area (Å²) in [5, 5.41) is 6.34. The summed E-state index contributed by atoms with van der Waals surface area (Å²) >= 11 is 1.63. The summed E-state index contributed by atoms with van der Waals surface area (Å²) in [7, 11) is -2.84. The maximum Gasteiger partial charge on any atom is 0.147 e. The number of aryl methyl sites for hydroxylation is 1. The van der Waals surface area contributed by atoms with E-state index < -0.39 is 9.84 Å². The highest BCUT2D eigenvalue weighted by Crippen LogP contribution is 2.16. The Hall–Kier alpha value is -0.460. The Kier molecular flexibility index (Phi) is 4.89. The average molecular weight is 262 g/mol. The van der Waals surface area contributed by atoms with Crippen LogP contribution in [0.1, 0.15) is 30.1 Å². The fourth-order valence-electron chi connectivity index (χ4n) is 1.31. The van der Waals surface area contributed by atoms with Crippen LogP contribution < -0.4 is 5.32 Å². The summed E-state index contributed by atoms with van der Waals surface area (Å²) in [6, 6.07) is 0.193. The van der Waals surface area contributed by atoms with Gasteiger partial charge in [-0.15, -0.1) is 11.3 Å². The van der Waals surface area contributed by atoms with Crippen molar-refractivity contribution in [3.8, 4) is 0 Å². The Bertz CT molecular complexity index is 426. The van der Waals surface area contributed by atoms with Gasteiger partial charge >= 0.3 is 0 Å². The van der Waals surface area contributed by atoms with Crippen LogP contribution in [0.4, 0.5) is 0 Å². The quantitative estimate of drug-likeness (QED) is 0.790. The molecule has 1 atom stereocenters. The molecule has 92 valence electrons. The van der Waals surface area contributed by atoms with E-state index in [1.807, 2.05) is 19.2 Å². The zero-order valence-corrected chi connectivity index (χ0v) is 11.5. The van der Waals surface area contributed by atoms with Crippen LogP contribution in [-0.2, 0) is 9.84 Å². The number of sulfone groups is 1. The molecule has 0 aromatic carbocycles. The minimum absolute atomic E-state index is 0.193. The molecule has 0 spiro atoms. The normalized spacial score (nSPS) is 13.9. The molecule has 0 saturated carbocycles. The van der Waals surface area contributed by atoms with Crippen LogP contribution in [-0.4, -0.2) is 32.0 Å². The summed E-state index contributed by atoms with van der Waals surface area (Å²) in [6.45, 7) is 4.71. The Labute approximate surface area is 101 Å². The van der Waals surface area contributed by atoms with Crippen molar-refractivity contribution in [1.82, 2.24) is 10.3 Å². The second-order valence-electron chi connectivity index (χ2n) is 3.99. The molecule has 0 aliphatic heterocycles. The number of nitrogens with one attached hydrogen (secondary N) is 1. The molecule has 0 saturated heterocycles. The lowest BCUT2D eigenvalue weighted by Crippen LogP contribution is -2.21. The van der Waals surface area contributed by atoms with Gasteiger partial charge in [0.15, 0.2) is 0 Å². The van der Waals surface area contributed by atoms with Crippen LogP contribution in [0.5, 0.6) is 0 Å². The van der Waals surface area contributed by atoms with Crippen molar-refractivity contribution in [3.05, 3.63) is 16.1 Å². The number of rotatable bonds is 6. The zero-order chi connectivity index (χ0) is 12.2. The highest BCUT2D eigenvalue weighted by molar-refractivity contribution is 7.90. The van der Waals surface area contributed by atoms with E-state index in [1.165, 1.54) is 6.26 Å². The molecule has 0 aliphatic rings. The van der Waals surface area contributed by atoms with Gasteiger partial charge in [0.1, 0.15) is 14.8 Å². The summed E-state index contributed by atoms with van der Waals surface area (Å²) < 4.78 is 21.8. The van der Waals surface area contributed by atoms with E-state index in [-0.39, 0.29) is 11.8 Å². The van der Waals surface area contributed by atoms with Crippen molar-refractivity contribution in [2.24, 2.45) is 0 Å². The molecule has 0 bridgehead atoms. The number of nitrogens with zero attached hydrogens (tertiary/aromatic N) is 1. The van der Waals surface area contributed by atoms with Gasteiger partial charge < -0.3 is 5.32 Å². The van der Waals surface area contributed by atoms with E-state index in [0.717, 1.165) is 10.7 Å². The van der Waals surface area contributed by atoms with Crippen LogP contribution in [0, 0.1) is 6.92 Å². The second kappa shape index (κ2) is 5.75. The minimum atomic E-state index is -2.84. The van der Waals surface area contributed by atoms with Crippen molar-refractivity contribution < 1.29 is 8.42 Å². The lowest BCUT2D eigenvalue weighted by atomic mass is 10.3. The second-order valence-corrected chi connectivity index (χ2v) is 7.14. The average Bonchev–Trinajstić information content (AvgIpc) is 2.57. The van der Waals surface area contributed by atoms with Crippen LogP contribution in [0.15, 0.2) is 5.38 Å². The van der Waals surface area contributed by atoms with Gasteiger partial charge in [-0.1, -0.05) is 0 Å². The summed E-state index contributed by atoms with van der Waals surface area (Å²) in [5.74, 6) is 0.240. The smallest absolute Gasteiger partial charge is 0.147 e. The Morgan fingerprint density at radius 2 is 2.25 bits per heavy atom. The molecule has 1 rings (SSSR count). The molecule has 0 radical (unpaired) electrons. The Balaban J connectivity index is 2.28. The zero-order valence-electron chi connectivity index (χ0n) is 9.86. The van der Waals surface area contributed by atoms with Crippen molar-refractivity contribution in [2.75, 3.05) is 18.6 Å². The van der Waals surface area contributed by atoms with Crippen molar-refractivity contribution >= 4 is 21.2 Å². The molecular weight excluding hydrogens is 244 g/mol. The Morgan fingerprint density at radius 3 is 2.75 bits per heavy atom. The first kappa shape index (κ1) is 13.6. The lowest BCUT2D eigenvalue weighted by molar-refractivity contribution is 0.559. The predicted octanol–water partition coefficient (Wildman–Crippen LogP) is 1.54. The number of thiazole rings is 1. The molecule has 0 amide bonds. The number of hydrogen-bond acceptors (Lipinski definition) is 5. The first-order chi connectivity index (χ1) is 7.38. The van der Waals surface area contributed by atoms with E-state index in [0.29, 0.717) is 13.0 Å². The van der Waals surface area contributed by atoms with E-state index in [4.69, 9.17) is 0 Å². The number of aromatic nitrogens is 1. The molecule has 1 heterocycles. The predicted molar refractivity (Wildman–Crippen MR) is 67.6 cm³/mol. The van der Waals surface area contributed by atoms with E-state index in [1.54, 1.807) is 11.3 Å². The summed E-state index contributed by atoms with van der Waals surface area (Å²) in [5.41, 5.74) is 1.03. The third-order valence-corrected chi connectivity index (χ3v) is 4.33. The van der Waals surface area contributed by atoms with Crippen LogP contribution in [0.25, 0.3) is 0 Å². The fourth-order valence-corrected chi connectivity index (χ4v) is 2.81. The maximum absolute atomic E-state index is 10.9. The number of hydrogen-bond donors (Lipinski definition) is 1. The van der Waals surface area contributed by atoms with Crippen molar-refractivity contribution in [1.29, 1.82) is 0 Å². The standard InChI is InChI=1S/C10H18N2O2S2/c1-8-7-15-10(12-8)9(2)11-5-4-6-16(3,13)14/h7,9,11H,4-6H2,1-3H3. The van der Waals surface area contributed by atoms with Crippen LogP contribution in [0.3, 0.4) is 0 Å². The summed E-state index contributed by atoms with van der Waals surface area (Å²) in [6.07, 6.45) is 1.91. The third-order valence-electron chi connectivity index (χ3n) is 2.15. The first-order valence-electron chi connectivity index (χ1n) is 5.21. The molecule has 4 nitrogen and oxygen atoms in total. The summed E-state index contributed by atoms with van der Waals surface area (Å²) in [4.78, 5) is 4.38. The Morgan fingerprint density at radius 1 is 1.56 bits per heavy atom.